The predicted molar refractivity (Wildman–Crippen MR) is 136 cm³/mol. The molecule has 6 nitrogen and oxygen atoms in total. The lowest BCUT2D eigenvalue weighted by Crippen LogP contribution is -2.04. The summed E-state index contributed by atoms with van der Waals surface area (Å²) in [5, 5.41) is 12.6. The van der Waals surface area contributed by atoms with Crippen LogP contribution in [0, 0.1) is 18.3 Å². The third kappa shape index (κ3) is 4.15. The first-order valence-electron chi connectivity index (χ1n) is 10.9. The van der Waals surface area contributed by atoms with Gasteiger partial charge in [0, 0.05) is 29.9 Å². The SMILES string of the molecule is Cc1cc(C#N)ccc1Nc1cc2c(ncn2C)c(N=C(c2ccccc2)c2ccccc2)n1. The quantitative estimate of drug-likeness (QED) is 0.336. The maximum Gasteiger partial charge on any atom is 0.183 e. The zero-order chi connectivity index (χ0) is 23.5. The van der Waals surface area contributed by atoms with Gasteiger partial charge in [0.05, 0.1) is 29.2 Å². The summed E-state index contributed by atoms with van der Waals surface area (Å²) in [5.41, 5.74) is 6.95. The molecular weight excluding hydrogens is 420 g/mol. The Morgan fingerprint density at radius 3 is 2.24 bits per heavy atom. The highest BCUT2D eigenvalue weighted by atomic mass is 15.1. The number of aliphatic imine (C=N–C) groups is 1. The van der Waals surface area contributed by atoms with Crippen molar-refractivity contribution >= 4 is 34.1 Å². The molecule has 0 amide bonds. The molecule has 164 valence electrons. The second kappa shape index (κ2) is 9.00. The molecule has 0 saturated carbocycles. The fourth-order valence-electron chi connectivity index (χ4n) is 3.86. The van der Waals surface area contributed by atoms with Gasteiger partial charge in [-0.1, -0.05) is 60.7 Å². The Labute approximate surface area is 197 Å². The third-order valence-electron chi connectivity index (χ3n) is 5.62. The molecule has 0 aliphatic rings. The summed E-state index contributed by atoms with van der Waals surface area (Å²) in [6.45, 7) is 1.97. The van der Waals surface area contributed by atoms with E-state index in [1.807, 2.05) is 97.4 Å². The number of hydrogen-bond acceptors (Lipinski definition) is 5. The summed E-state index contributed by atoms with van der Waals surface area (Å²) >= 11 is 0. The molecule has 2 heterocycles. The van der Waals surface area contributed by atoms with Crippen molar-refractivity contribution in [2.45, 2.75) is 6.92 Å². The molecule has 5 rings (SSSR count). The highest BCUT2D eigenvalue weighted by molar-refractivity contribution is 6.14. The number of pyridine rings is 1. The number of aryl methyl sites for hydroxylation is 2. The molecule has 0 saturated heterocycles. The summed E-state index contributed by atoms with van der Waals surface area (Å²) in [4.78, 5) is 14.5. The second-order valence-electron chi connectivity index (χ2n) is 8.01. The lowest BCUT2D eigenvalue weighted by atomic mass is 10.0. The van der Waals surface area contributed by atoms with Crippen molar-refractivity contribution < 1.29 is 0 Å². The van der Waals surface area contributed by atoms with Crippen molar-refractivity contribution in [2.24, 2.45) is 12.0 Å². The van der Waals surface area contributed by atoms with Gasteiger partial charge < -0.3 is 9.88 Å². The Morgan fingerprint density at radius 1 is 0.941 bits per heavy atom. The van der Waals surface area contributed by atoms with Crippen LogP contribution in [-0.2, 0) is 7.05 Å². The molecule has 0 radical (unpaired) electrons. The number of nitrogens with zero attached hydrogens (tertiary/aromatic N) is 5. The second-order valence-corrected chi connectivity index (χ2v) is 8.01. The van der Waals surface area contributed by atoms with Gasteiger partial charge >= 0.3 is 0 Å². The molecule has 0 spiro atoms. The van der Waals surface area contributed by atoms with Gasteiger partial charge in [0.25, 0.3) is 0 Å². The molecule has 2 aromatic heterocycles. The average Bonchev–Trinajstić information content (AvgIpc) is 3.25. The van der Waals surface area contributed by atoms with E-state index in [-0.39, 0.29) is 0 Å². The van der Waals surface area contributed by atoms with Gasteiger partial charge in [-0.25, -0.2) is 15.0 Å². The van der Waals surface area contributed by atoms with Crippen molar-refractivity contribution in [3.8, 4) is 6.07 Å². The van der Waals surface area contributed by atoms with E-state index in [2.05, 4.69) is 16.4 Å². The number of nitriles is 1. The summed E-state index contributed by atoms with van der Waals surface area (Å²) < 4.78 is 1.96. The number of aromatic nitrogens is 3. The van der Waals surface area contributed by atoms with Crippen molar-refractivity contribution in [1.82, 2.24) is 14.5 Å². The minimum absolute atomic E-state index is 0.537. The Balaban J connectivity index is 1.67. The molecular formula is C28H22N6. The molecule has 3 aromatic carbocycles. The molecule has 0 aliphatic heterocycles. The van der Waals surface area contributed by atoms with E-state index in [9.17, 15) is 0 Å². The minimum atomic E-state index is 0.537. The number of rotatable bonds is 5. The molecule has 1 N–H and O–H groups in total. The predicted octanol–water partition coefficient (Wildman–Crippen LogP) is 6.06. The van der Waals surface area contributed by atoms with Gasteiger partial charge in [-0.15, -0.1) is 0 Å². The molecule has 6 heteroatoms. The van der Waals surface area contributed by atoms with Crippen LogP contribution < -0.4 is 5.32 Å². The van der Waals surface area contributed by atoms with Crippen molar-refractivity contribution in [3.63, 3.8) is 0 Å². The van der Waals surface area contributed by atoms with Crippen LogP contribution in [-0.4, -0.2) is 20.2 Å². The normalized spacial score (nSPS) is 10.6. The van der Waals surface area contributed by atoms with Crippen LogP contribution >= 0.6 is 0 Å². The highest BCUT2D eigenvalue weighted by Crippen LogP contribution is 2.29. The highest BCUT2D eigenvalue weighted by Gasteiger charge is 2.14. The van der Waals surface area contributed by atoms with Gasteiger partial charge in [-0.3, -0.25) is 0 Å². The van der Waals surface area contributed by atoms with Crippen LogP contribution in [0.25, 0.3) is 11.0 Å². The van der Waals surface area contributed by atoms with E-state index in [4.69, 9.17) is 15.2 Å². The lowest BCUT2D eigenvalue weighted by molar-refractivity contribution is 0.947. The standard InChI is InChI=1S/C28H22N6/c1-19-15-20(17-29)13-14-23(19)31-25-16-24-27(30-18-34(24)2)28(32-25)33-26(21-9-5-3-6-10-21)22-11-7-4-8-12-22/h3-16,18H,1-2H3,(H,31,32). The minimum Gasteiger partial charge on any atom is -0.340 e. The zero-order valence-electron chi connectivity index (χ0n) is 18.9. The lowest BCUT2D eigenvalue weighted by Gasteiger charge is -2.12. The molecule has 5 aromatic rings. The van der Waals surface area contributed by atoms with Crippen molar-refractivity contribution in [1.29, 1.82) is 5.26 Å². The van der Waals surface area contributed by atoms with E-state index < -0.39 is 0 Å². The fourth-order valence-corrected chi connectivity index (χ4v) is 3.86. The summed E-state index contributed by atoms with van der Waals surface area (Å²) in [6.07, 6.45) is 1.77. The largest absolute Gasteiger partial charge is 0.340 e. The summed E-state index contributed by atoms with van der Waals surface area (Å²) in [6, 6.07) is 29.9. The number of fused-ring (bicyclic) bond motifs is 1. The first-order valence-corrected chi connectivity index (χ1v) is 10.9. The van der Waals surface area contributed by atoms with Gasteiger partial charge in [0.15, 0.2) is 5.82 Å². The smallest absolute Gasteiger partial charge is 0.183 e. The maximum absolute atomic E-state index is 9.17. The average molecular weight is 443 g/mol. The van der Waals surface area contributed by atoms with Crippen LogP contribution in [0.2, 0.25) is 0 Å². The number of hydrogen-bond donors (Lipinski definition) is 1. The molecule has 34 heavy (non-hydrogen) atoms. The van der Waals surface area contributed by atoms with Crippen LogP contribution in [0.3, 0.4) is 0 Å². The molecule has 0 atom stereocenters. The fraction of sp³-hybridized carbons (Fsp3) is 0.0714. The monoisotopic (exact) mass is 442 g/mol. The Kier molecular flexibility index (Phi) is 5.59. The Hall–Kier alpha value is -4.76. The molecule has 0 fully saturated rings. The van der Waals surface area contributed by atoms with Gasteiger partial charge in [-0.05, 0) is 30.7 Å². The molecule has 0 aliphatic carbocycles. The van der Waals surface area contributed by atoms with E-state index in [1.54, 1.807) is 12.4 Å². The van der Waals surface area contributed by atoms with Gasteiger partial charge in [-0.2, -0.15) is 5.26 Å². The third-order valence-corrected chi connectivity index (χ3v) is 5.62. The van der Waals surface area contributed by atoms with E-state index in [0.29, 0.717) is 17.2 Å². The van der Waals surface area contributed by atoms with Gasteiger partial charge in [0.2, 0.25) is 0 Å². The van der Waals surface area contributed by atoms with Crippen LogP contribution in [0.5, 0.6) is 0 Å². The van der Waals surface area contributed by atoms with E-state index in [1.165, 1.54) is 0 Å². The van der Waals surface area contributed by atoms with E-state index >= 15 is 0 Å². The number of nitrogens with one attached hydrogen (secondary N) is 1. The summed E-state index contributed by atoms with van der Waals surface area (Å²) in [7, 11) is 1.95. The number of imidazole rings is 1. The molecule has 0 bridgehead atoms. The maximum atomic E-state index is 9.17. The first-order chi connectivity index (χ1) is 16.6. The van der Waals surface area contributed by atoms with Crippen LogP contribution in [0.15, 0.2) is 96.2 Å². The zero-order valence-corrected chi connectivity index (χ0v) is 18.9. The van der Waals surface area contributed by atoms with Crippen LogP contribution in [0.4, 0.5) is 17.3 Å². The van der Waals surface area contributed by atoms with E-state index in [0.717, 1.165) is 39.1 Å². The number of benzene rings is 3. The molecule has 0 unspecified atom stereocenters. The van der Waals surface area contributed by atoms with Gasteiger partial charge in [0.1, 0.15) is 11.3 Å². The Bertz CT molecular complexity index is 1500. The van der Waals surface area contributed by atoms with Crippen LogP contribution in [0.1, 0.15) is 22.3 Å². The van der Waals surface area contributed by atoms with Crippen molar-refractivity contribution in [2.75, 3.05) is 5.32 Å². The number of anilines is 2. The topological polar surface area (TPSA) is 78.9 Å². The first kappa shape index (κ1) is 21.1. The Morgan fingerprint density at radius 2 is 1.62 bits per heavy atom. The summed E-state index contributed by atoms with van der Waals surface area (Å²) in [5.74, 6) is 1.19. The van der Waals surface area contributed by atoms with Crippen molar-refractivity contribution in [3.05, 3.63) is 114 Å².